The first kappa shape index (κ1) is 9.71. The van der Waals surface area contributed by atoms with Gasteiger partial charge in [-0.15, -0.1) is 6.58 Å². The molecule has 1 aromatic carbocycles. The fourth-order valence-corrected chi connectivity index (χ4v) is 3.15. The maximum Gasteiger partial charge on any atom is 0.0483 e. The molecule has 0 saturated carbocycles. The zero-order valence-corrected chi connectivity index (χ0v) is 9.96. The molecule has 16 heavy (non-hydrogen) atoms. The summed E-state index contributed by atoms with van der Waals surface area (Å²) < 4.78 is 2.35. The Hall–Kier alpha value is -1.50. The van der Waals surface area contributed by atoms with Crippen LogP contribution in [0.25, 0.3) is 10.9 Å². The van der Waals surface area contributed by atoms with Gasteiger partial charge in [-0.3, -0.25) is 0 Å². The van der Waals surface area contributed by atoms with Crippen LogP contribution >= 0.6 is 0 Å². The molecule has 0 saturated heterocycles. The molecule has 0 spiro atoms. The van der Waals surface area contributed by atoms with E-state index in [4.69, 9.17) is 0 Å². The highest BCUT2D eigenvalue weighted by atomic mass is 15.0. The van der Waals surface area contributed by atoms with E-state index in [1.807, 2.05) is 0 Å². The number of allylic oxidation sites excluding steroid dienone is 1. The van der Waals surface area contributed by atoms with Crippen LogP contribution in [0.5, 0.6) is 0 Å². The maximum atomic E-state index is 4.01. The van der Waals surface area contributed by atoms with Crippen LogP contribution in [0.1, 0.15) is 24.6 Å². The Morgan fingerprint density at radius 1 is 1.38 bits per heavy atom. The van der Waals surface area contributed by atoms with Gasteiger partial charge in [-0.25, -0.2) is 0 Å². The Balaban J connectivity index is 2.43. The number of nitrogens with zero attached hydrogens (tertiary/aromatic N) is 1. The van der Waals surface area contributed by atoms with E-state index in [2.05, 4.69) is 55.5 Å². The summed E-state index contributed by atoms with van der Waals surface area (Å²) in [5, 5.41) is 1.42. The molecule has 82 valence electrons. The Morgan fingerprint density at radius 3 is 2.88 bits per heavy atom. The van der Waals surface area contributed by atoms with E-state index in [1.165, 1.54) is 35.0 Å². The SMILES string of the molecule is C=C[C@]1(C)CCc2c1n(C)c1ccccc21. The number of hydrogen-bond acceptors (Lipinski definition) is 0. The van der Waals surface area contributed by atoms with Crippen LogP contribution in [0, 0.1) is 0 Å². The molecule has 1 aliphatic carbocycles. The van der Waals surface area contributed by atoms with E-state index in [1.54, 1.807) is 0 Å². The van der Waals surface area contributed by atoms with E-state index >= 15 is 0 Å². The largest absolute Gasteiger partial charge is 0.347 e. The van der Waals surface area contributed by atoms with Gasteiger partial charge in [0.1, 0.15) is 0 Å². The molecule has 1 aromatic heterocycles. The molecule has 1 heteroatoms. The van der Waals surface area contributed by atoms with E-state index in [0.717, 1.165) is 0 Å². The van der Waals surface area contributed by atoms with Gasteiger partial charge in [0, 0.05) is 29.1 Å². The molecule has 1 atom stereocenters. The topological polar surface area (TPSA) is 4.93 Å². The van der Waals surface area contributed by atoms with E-state index in [0.29, 0.717) is 0 Å². The summed E-state index contributed by atoms with van der Waals surface area (Å²) in [6.45, 7) is 6.31. The van der Waals surface area contributed by atoms with E-state index in [-0.39, 0.29) is 5.41 Å². The Bertz CT molecular complexity index is 576. The average molecular weight is 211 g/mol. The Labute approximate surface area is 96.4 Å². The highest BCUT2D eigenvalue weighted by Gasteiger charge is 2.36. The minimum atomic E-state index is 0.156. The van der Waals surface area contributed by atoms with Crippen LogP contribution in [0.4, 0.5) is 0 Å². The van der Waals surface area contributed by atoms with Crippen molar-refractivity contribution in [2.24, 2.45) is 7.05 Å². The second kappa shape index (κ2) is 3.00. The van der Waals surface area contributed by atoms with Crippen LogP contribution in [-0.4, -0.2) is 4.57 Å². The third-order valence-electron chi connectivity index (χ3n) is 4.10. The number of aryl methyl sites for hydroxylation is 2. The molecular formula is C15H17N. The second-order valence-corrected chi connectivity index (χ2v) is 5.02. The van der Waals surface area contributed by atoms with Gasteiger partial charge in [0.25, 0.3) is 0 Å². The van der Waals surface area contributed by atoms with Gasteiger partial charge >= 0.3 is 0 Å². The first-order chi connectivity index (χ1) is 7.67. The minimum Gasteiger partial charge on any atom is -0.347 e. The third kappa shape index (κ3) is 1.01. The summed E-state index contributed by atoms with van der Waals surface area (Å²) in [6, 6.07) is 8.69. The normalized spacial score (nSPS) is 23.6. The van der Waals surface area contributed by atoms with Gasteiger partial charge in [0.2, 0.25) is 0 Å². The predicted molar refractivity (Wildman–Crippen MR) is 68.8 cm³/mol. The molecule has 0 radical (unpaired) electrons. The smallest absolute Gasteiger partial charge is 0.0483 e. The van der Waals surface area contributed by atoms with Crippen molar-refractivity contribution in [2.45, 2.75) is 25.2 Å². The summed E-state index contributed by atoms with van der Waals surface area (Å²) in [6.07, 6.45) is 4.48. The van der Waals surface area contributed by atoms with Crippen molar-refractivity contribution < 1.29 is 0 Å². The fraction of sp³-hybridized carbons (Fsp3) is 0.333. The van der Waals surface area contributed by atoms with Crippen LogP contribution < -0.4 is 0 Å². The zero-order valence-electron chi connectivity index (χ0n) is 9.96. The molecule has 0 fully saturated rings. The summed E-state index contributed by atoms with van der Waals surface area (Å²) in [5.41, 5.74) is 4.49. The van der Waals surface area contributed by atoms with Gasteiger partial charge in [0.15, 0.2) is 0 Å². The van der Waals surface area contributed by atoms with Crippen molar-refractivity contribution in [3.05, 3.63) is 48.2 Å². The number of para-hydroxylation sites is 1. The monoisotopic (exact) mass is 211 g/mol. The molecule has 3 rings (SSSR count). The number of benzene rings is 1. The van der Waals surface area contributed by atoms with Gasteiger partial charge in [0.05, 0.1) is 0 Å². The lowest BCUT2D eigenvalue weighted by Crippen LogP contribution is -2.18. The van der Waals surface area contributed by atoms with Crippen LogP contribution in [0.15, 0.2) is 36.9 Å². The zero-order chi connectivity index (χ0) is 11.3. The molecule has 0 bridgehead atoms. The van der Waals surface area contributed by atoms with E-state index in [9.17, 15) is 0 Å². The molecule has 0 amide bonds. The predicted octanol–water partition coefficient (Wildman–Crippen LogP) is 3.57. The lowest BCUT2D eigenvalue weighted by molar-refractivity contribution is 0.556. The van der Waals surface area contributed by atoms with Gasteiger partial charge in [-0.05, 0) is 24.5 Å². The molecule has 2 aromatic rings. The minimum absolute atomic E-state index is 0.156. The third-order valence-corrected chi connectivity index (χ3v) is 4.10. The molecular weight excluding hydrogens is 194 g/mol. The summed E-state index contributed by atoms with van der Waals surface area (Å²) in [7, 11) is 2.17. The molecule has 1 nitrogen and oxygen atoms in total. The molecule has 1 aliphatic rings. The molecule has 1 heterocycles. The van der Waals surface area contributed by atoms with Crippen molar-refractivity contribution in [1.82, 2.24) is 4.57 Å². The summed E-state index contributed by atoms with van der Waals surface area (Å²) in [4.78, 5) is 0. The standard InChI is InChI=1S/C15H17N/c1-4-15(2)10-9-12-11-7-5-6-8-13(11)16(3)14(12)15/h4-8H,1,9-10H2,2-3H3/t15-/m1/s1. The van der Waals surface area contributed by atoms with Crippen molar-refractivity contribution in [3.8, 4) is 0 Å². The number of hydrogen-bond donors (Lipinski definition) is 0. The van der Waals surface area contributed by atoms with Crippen molar-refractivity contribution in [2.75, 3.05) is 0 Å². The fourth-order valence-electron chi connectivity index (χ4n) is 3.15. The summed E-state index contributed by atoms with van der Waals surface area (Å²) >= 11 is 0. The average Bonchev–Trinajstić information content (AvgIpc) is 2.80. The Morgan fingerprint density at radius 2 is 2.12 bits per heavy atom. The molecule has 0 unspecified atom stereocenters. The maximum absolute atomic E-state index is 4.01. The lowest BCUT2D eigenvalue weighted by atomic mass is 9.88. The quantitative estimate of drug-likeness (QED) is 0.635. The first-order valence-electron chi connectivity index (χ1n) is 5.88. The summed E-state index contributed by atoms with van der Waals surface area (Å²) in [5.74, 6) is 0. The second-order valence-electron chi connectivity index (χ2n) is 5.02. The van der Waals surface area contributed by atoms with Gasteiger partial charge in [-0.2, -0.15) is 0 Å². The Kier molecular flexibility index (Phi) is 1.82. The van der Waals surface area contributed by atoms with Crippen molar-refractivity contribution in [1.29, 1.82) is 0 Å². The number of fused-ring (bicyclic) bond motifs is 3. The lowest BCUT2D eigenvalue weighted by Gasteiger charge is -2.21. The van der Waals surface area contributed by atoms with Crippen LogP contribution in [0.3, 0.4) is 0 Å². The van der Waals surface area contributed by atoms with Crippen LogP contribution in [-0.2, 0) is 18.9 Å². The molecule has 0 N–H and O–H groups in total. The first-order valence-corrected chi connectivity index (χ1v) is 5.88. The highest BCUT2D eigenvalue weighted by molar-refractivity contribution is 5.86. The van der Waals surface area contributed by atoms with Crippen molar-refractivity contribution in [3.63, 3.8) is 0 Å². The number of rotatable bonds is 1. The van der Waals surface area contributed by atoms with Crippen molar-refractivity contribution >= 4 is 10.9 Å². The molecule has 0 aliphatic heterocycles. The van der Waals surface area contributed by atoms with Crippen LogP contribution in [0.2, 0.25) is 0 Å². The van der Waals surface area contributed by atoms with Gasteiger partial charge < -0.3 is 4.57 Å². The van der Waals surface area contributed by atoms with E-state index < -0.39 is 0 Å². The number of aromatic nitrogens is 1. The highest BCUT2D eigenvalue weighted by Crippen LogP contribution is 2.43. The van der Waals surface area contributed by atoms with Gasteiger partial charge in [-0.1, -0.05) is 31.2 Å².